The molecular formula is C17H21FN6O5S. The summed E-state index contributed by atoms with van der Waals surface area (Å²) in [6.07, 6.45) is -0.0660. The number of aromatic nitrogens is 1. The first-order valence-electron chi connectivity index (χ1n) is 8.54. The van der Waals surface area contributed by atoms with Gasteiger partial charge in [0.1, 0.15) is 23.0 Å². The molecule has 13 heteroatoms. The number of sulfonamides is 1. The van der Waals surface area contributed by atoms with E-state index in [2.05, 4.69) is 14.9 Å². The fourth-order valence-electron chi connectivity index (χ4n) is 2.69. The zero-order valence-electron chi connectivity index (χ0n) is 15.9. The molecule has 0 saturated carbocycles. The summed E-state index contributed by atoms with van der Waals surface area (Å²) in [5.74, 6) is -3.32. The van der Waals surface area contributed by atoms with Gasteiger partial charge < -0.3 is 27.0 Å². The van der Waals surface area contributed by atoms with Gasteiger partial charge in [-0.3, -0.25) is 14.3 Å². The lowest BCUT2D eigenvalue weighted by Gasteiger charge is -2.18. The molecule has 0 aliphatic carbocycles. The number of aryl methyl sites for hydroxylation is 1. The first-order chi connectivity index (χ1) is 14.0. The maximum absolute atomic E-state index is 14.0. The summed E-state index contributed by atoms with van der Waals surface area (Å²) in [7, 11) is -4.48. The van der Waals surface area contributed by atoms with E-state index in [0.29, 0.717) is 5.69 Å². The molecular weight excluding hydrogens is 419 g/mol. The fraction of sp³-hybridized carbons (Fsp3) is 0.235. The minimum absolute atomic E-state index is 0.00281. The maximum atomic E-state index is 14.0. The van der Waals surface area contributed by atoms with Crippen molar-refractivity contribution < 1.29 is 22.4 Å². The van der Waals surface area contributed by atoms with Gasteiger partial charge in [0.25, 0.3) is 15.6 Å². The molecule has 0 spiro atoms. The van der Waals surface area contributed by atoms with Crippen LogP contribution in [-0.4, -0.2) is 31.9 Å². The molecule has 30 heavy (non-hydrogen) atoms. The van der Waals surface area contributed by atoms with Crippen LogP contribution in [-0.2, 0) is 19.7 Å². The highest BCUT2D eigenvalue weighted by Gasteiger charge is 2.27. The average Bonchev–Trinajstić information content (AvgIpc) is 2.63. The molecule has 2 aromatic rings. The predicted octanol–water partition coefficient (Wildman–Crippen LogP) is -0.213. The van der Waals surface area contributed by atoms with Crippen molar-refractivity contribution in [2.45, 2.75) is 24.2 Å². The Hall–Kier alpha value is -3.61. The molecule has 8 N–H and O–H groups in total. The van der Waals surface area contributed by atoms with Gasteiger partial charge in [-0.15, -0.1) is 0 Å². The van der Waals surface area contributed by atoms with Crippen LogP contribution >= 0.6 is 0 Å². The number of aromatic amines is 1. The largest absolute Gasteiger partial charge is 0.393 e. The highest BCUT2D eigenvalue weighted by molar-refractivity contribution is 7.92. The third kappa shape index (κ3) is 5.47. The zero-order valence-corrected chi connectivity index (χ0v) is 16.7. The Morgan fingerprint density at radius 2 is 1.97 bits per heavy atom. The Morgan fingerprint density at radius 3 is 2.57 bits per heavy atom. The van der Waals surface area contributed by atoms with Crippen LogP contribution in [0.1, 0.15) is 23.6 Å². The number of anilines is 1. The number of nitrogens with two attached hydrogens (primary N) is 3. The number of H-pyrrole nitrogens is 1. The number of nitrogens with one attached hydrogen (secondary N) is 2. The summed E-state index contributed by atoms with van der Waals surface area (Å²) in [4.78, 5) is 31.1. The third-order valence-electron chi connectivity index (χ3n) is 3.95. The van der Waals surface area contributed by atoms with Crippen molar-refractivity contribution in [1.29, 1.82) is 0 Å². The van der Waals surface area contributed by atoms with Crippen LogP contribution < -0.4 is 27.5 Å². The van der Waals surface area contributed by atoms with Gasteiger partial charge in [-0.2, -0.15) is 0 Å². The van der Waals surface area contributed by atoms with E-state index in [-0.39, 0.29) is 24.6 Å². The highest BCUT2D eigenvalue weighted by Crippen LogP contribution is 2.27. The number of hydrogen-bond acceptors (Lipinski definition) is 6. The second-order valence-corrected chi connectivity index (χ2v) is 7.89. The van der Waals surface area contributed by atoms with Crippen LogP contribution in [0.4, 0.5) is 10.1 Å². The number of carbonyl (C=O) groups is 1. The summed E-state index contributed by atoms with van der Waals surface area (Å²) >= 11 is 0. The summed E-state index contributed by atoms with van der Waals surface area (Å²) in [5, 5.41) is 3.31. The first kappa shape index (κ1) is 22.7. The Bertz CT molecular complexity index is 1130. The number of hydrogen-bond donors (Lipinski definition) is 5. The molecule has 0 bridgehead atoms. The van der Waals surface area contributed by atoms with Crippen LogP contribution in [0.2, 0.25) is 0 Å². The van der Waals surface area contributed by atoms with Gasteiger partial charge in [-0.05, 0) is 42.3 Å². The number of primary amides is 1. The number of guanidine groups is 1. The molecule has 0 aliphatic rings. The predicted molar refractivity (Wildman–Crippen MR) is 107 cm³/mol. The normalized spacial score (nSPS) is 12.1. The SMILES string of the molecule is Cc1cc(C(CCON=C(N)N)C(N)=O)c(NS(=O)(=O)c2ccccc2F)c(=O)[nH]1. The van der Waals surface area contributed by atoms with Crippen LogP contribution in [0.25, 0.3) is 0 Å². The quantitative estimate of drug-likeness (QED) is 0.154. The van der Waals surface area contributed by atoms with Gasteiger partial charge in [0, 0.05) is 5.69 Å². The first-order valence-corrected chi connectivity index (χ1v) is 10.0. The summed E-state index contributed by atoms with van der Waals surface area (Å²) in [6, 6.07) is 6.02. The molecule has 1 aromatic carbocycles. The van der Waals surface area contributed by atoms with Crippen LogP contribution in [0.5, 0.6) is 0 Å². The van der Waals surface area contributed by atoms with E-state index in [9.17, 15) is 22.4 Å². The standard InChI is InChI=1S/C17H21FN6O5S/c1-9-8-11(10(15(19)25)6-7-29-23-17(20)21)14(16(26)22-9)24-30(27,28)13-5-3-2-4-12(13)18/h2-5,8,10,24H,6-7H2,1H3,(H2,19,25)(H,22,26)(H4,20,21,23). The van der Waals surface area contributed by atoms with E-state index < -0.39 is 43.8 Å². The fourth-order valence-corrected chi connectivity index (χ4v) is 3.86. The molecule has 1 amide bonds. The second-order valence-electron chi connectivity index (χ2n) is 6.24. The van der Waals surface area contributed by atoms with Crippen molar-refractivity contribution in [3.8, 4) is 0 Å². The molecule has 1 aromatic heterocycles. The van der Waals surface area contributed by atoms with Crippen LogP contribution in [0.15, 0.2) is 45.2 Å². The summed E-state index contributed by atoms with van der Waals surface area (Å²) < 4.78 is 41.3. The van der Waals surface area contributed by atoms with Gasteiger partial charge >= 0.3 is 0 Å². The number of oxime groups is 1. The van der Waals surface area contributed by atoms with Crippen molar-refractivity contribution in [1.82, 2.24) is 4.98 Å². The molecule has 0 radical (unpaired) electrons. The number of rotatable bonds is 9. The molecule has 2 rings (SSSR count). The monoisotopic (exact) mass is 440 g/mol. The lowest BCUT2D eigenvalue weighted by Crippen LogP contribution is -2.29. The molecule has 0 aliphatic heterocycles. The Kier molecular flexibility index (Phi) is 7.00. The lowest BCUT2D eigenvalue weighted by molar-refractivity contribution is -0.119. The molecule has 11 nitrogen and oxygen atoms in total. The third-order valence-corrected chi connectivity index (χ3v) is 5.33. The van der Waals surface area contributed by atoms with Crippen molar-refractivity contribution in [2.75, 3.05) is 11.3 Å². The number of nitrogens with zero attached hydrogens (tertiary/aromatic N) is 1. The van der Waals surface area contributed by atoms with E-state index >= 15 is 0 Å². The topological polar surface area (TPSA) is 196 Å². The van der Waals surface area contributed by atoms with Gasteiger partial charge in [0.15, 0.2) is 0 Å². The smallest absolute Gasteiger partial charge is 0.272 e. The number of amides is 1. The van der Waals surface area contributed by atoms with Gasteiger partial charge in [-0.25, -0.2) is 12.8 Å². The second kappa shape index (κ2) is 9.26. The minimum Gasteiger partial charge on any atom is -0.393 e. The van der Waals surface area contributed by atoms with Gasteiger partial charge in [0.05, 0.1) is 5.92 Å². The minimum atomic E-state index is -4.48. The van der Waals surface area contributed by atoms with Crippen LogP contribution in [0, 0.1) is 12.7 Å². The van der Waals surface area contributed by atoms with Crippen molar-refractivity contribution in [3.63, 3.8) is 0 Å². The molecule has 1 atom stereocenters. The zero-order chi connectivity index (χ0) is 22.5. The lowest BCUT2D eigenvalue weighted by atomic mass is 9.94. The maximum Gasteiger partial charge on any atom is 0.272 e. The van der Waals surface area contributed by atoms with E-state index in [1.165, 1.54) is 25.1 Å². The molecule has 162 valence electrons. The van der Waals surface area contributed by atoms with Gasteiger partial charge in [0.2, 0.25) is 11.9 Å². The van der Waals surface area contributed by atoms with E-state index in [1.807, 2.05) is 0 Å². The van der Waals surface area contributed by atoms with Crippen molar-refractivity contribution in [2.24, 2.45) is 22.4 Å². The number of halogens is 1. The summed E-state index contributed by atoms with van der Waals surface area (Å²) in [5.41, 5.74) is 14.8. The van der Waals surface area contributed by atoms with E-state index in [1.54, 1.807) is 0 Å². The van der Waals surface area contributed by atoms with E-state index in [4.69, 9.17) is 22.0 Å². The van der Waals surface area contributed by atoms with E-state index in [0.717, 1.165) is 12.1 Å². The van der Waals surface area contributed by atoms with Crippen LogP contribution in [0.3, 0.4) is 0 Å². The number of carbonyl (C=O) groups excluding carboxylic acids is 1. The number of pyridine rings is 1. The molecule has 0 fully saturated rings. The van der Waals surface area contributed by atoms with Crippen molar-refractivity contribution >= 4 is 27.6 Å². The Morgan fingerprint density at radius 1 is 1.30 bits per heavy atom. The molecule has 0 saturated heterocycles. The summed E-state index contributed by atoms with van der Waals surface area (Å²) in [6.45, 7) is 1.38. The Labute approximate surface area is 171 Å². The average molecular weight is 440 g/mol. The van der Waals surface area contributed by atoms with Gasteiger partial charge in [-0.1, -0.05) is 12.1 Å². The van der Waals surface area contributed by atoms with Crippen molar-refractivity contribution in [3.05, 3.63) is 57.8 Å². The molecule has 1 heterocycles. The highest BCUT2D eigenvalue weighted by atomic mass is 32.2. The number of benzene rings is 1. The molecule has 1 unspecified atom stereocenters. The Balaban J connectivity index is 2.48.